The van der Waals surface area contributed by atoms with Crippen molar-refractivity contribution in [2.75, 3.05) is 11.9 Å². The topological polar surface area (TPSA) is 83.7 Å². The maximum atomic E-state index is 10.9. The summed E-state index contributed by atoms with van der Waals surface area (Å²) in [5.74, 6) is -1.09. The van der Waals surface area contributed by atoms with Crippen molar-refractivity contribution in [3.8, 4) is 0 Å². The second-order valence-corrected chi connectivity index (χ2v) is 4.92. The number of hydrogen-bond acceptors (Lipinski definition) is 4. The molecule has 6 heteroatoms. The number of hydrogen-bond donors (Lipinski definition) is 1. The molecule has 1 rings (SSSR count). The van der Waals surface area contributed by atoms with Crippen molar-refractivity contribution in [2.45, 2.75) is 32.7 Å². The summed E-state index contributed by atoms with van der Waals surface area (Å²) in [5.41, 5.74) is 1.25. The molecule has 0 saturated carbocycles. The first kappa shape index (κ1) is 16.7. The number of benzene rings is 1. The average molecular weight is 292 g/mol. The van der Waals surface area contributed by atoms with Gasteiger partial charge in [-0.3, -0.25) is 10.1 Å². The monoisotopic (exact) mass is 292 g/mol. The molecule has 114 valence electrons. The number of non-ortho nitro benzene ring substituents is 1. The van der Waals surface area contributed by atoms with Gasteiger partial charge in [-0.15, -0.1) is 0 Å². The quantitative estimate of drug-likeness (QED) is 0.473. The fraction of sp³-hybridized carbons (Fsp3) is 0.400. The molecule has 1 atom stereocenters. The maximum absolute atomic E-state index is 10.9. The Morgan fingerprint density at radius 1 is 1.52 bits per heavy atom. The summed E-state index contributed by atoms with van der Waals surface area (Å²) >= 11 is 0. The van der Waals surface area contributed by atoms with Crippen molar-refractivity contribution < 1.29 is 14.8 Å². The molecule has 0 bridgehead atoms. The highest BCUT2D eigenvalue weighted by Gasteiger charge is 2.15. The van der Waals surface area contributed by atoms with Crippen LogP contribution in [0, 0.1) is 10.1 Å². The van der Waals surface area contributed by atoms with Crippen molar-refractivity contribution in [1.29, 1.82) is 0 Å². The van der Waals surface area contributed by atoms with Gasteiger partial charge in [-0.05, 0) is 25.5 Å². The molecule has 0 radical (unpaired) electrons. The van der Waals surface area contributed by atoms with Crippen LogP contribution in [0.4, 0.5) is 11.4 Å². The molecule has 1 aromatic rings. The van der Waals surface area contributed by atoms with Crippen molar-refractivity contribution in [1.82, 2.24) is 0 Å². The SMILES string of the molecule is CCCC(C)N(C)c1ccc([N+](=O)[O-])cc1/C=C/C(=O)O. The zero-order valence-electron chi connectivity index (χ0n) is 12.4. The van der Waals surface area contributed by atoms with Crippen LogP contribution in [-0.2, 0) is 4.79 Å². The highest BCUT2D eigenvalue weighted by molar-refractivity contribution is 5.87. The Morgan fingerprint density at radius 3 is 2.71 bits per heavy atom. The van der Waals surface area contributed by atoms with Crippen molar-refractivity contribution in [3.63, 3.8) is 0 Å². The van der Waals surface area contributed by atoms with Gasteiger partial charge in [0.15, 0.2) is 0 Å². The average Bonchev–Trinajstić information content (AvgIpc) is 2.44. The Balaban J connectivity index is 3.23. The summed E-state index contributed by atoms with van der Waals surface area (Å²) in [6, 6.07) is 4.74. The molecule has 1 N–H and O–H groups in total. The van der Waals surface area contributed by atoms with E-state index in [1.54, 1.807) is 6.07 Å². The number of nitrogens with zero attached hydrogens (tertiary/aromatic N) is 2. The van der Waals surface area contributed by atoms with E-state index < -0.39 is 10.9 Å². The number of aliphatic carboxylic acids is 1. The fourth-order valence-electron chi connectivity index (χ4n) is 2.12. The largest absolute Gasteiger partial charge is 0.478 e. The van der Waals surface area contributed by atoms with Crippen molar-refractivity contribution in [2.24, 2.45) is 0 Å². The molecule has 6 nitrogen and oxygen atoms in total. The summed E-state index contributed by atoms with van der Waals surface area (Å²) in [5, 5.41) is 19.6. The van der Waals surface area contributed by atoms with Crippen molar-refractivity contribution >= 4 is 23.4 Å². The van der Waals surface area contributed by atoms with E-state index in [9.17, 15) is 14.9 Å². The summed E-state index contributed by atoms with van der Waals surface area (Å²) in [6.45, 7) is 4.15. The Hall–Kier alpha value is -2.37. The molecule has 0 heterocycles. The molecule has 0 aliphatic heterocycles. The van der Waals surface area contributed by atoms with E-state index in [1.165, 1.54) is 18.2 Å². The second kappa shape index (κ2) is 7.42. The molecule has 21 heavy (non-hydrogen) atoms. The van der Waals surface area contributed by atoms with E-state index in [4.69, 9.17) is 5.11 Å². The van der Waals surface area contributed by atoms with Gasteiger partial charge in [-0.1, -0.05) is 13.3 Å². The van der Waals surface area contributed by atoms with E-state index in [2.05, 4.69) is 13.8 Å². The van der Waals surface area contributed by atoms with Gasteiger partial charge < -0.3 is 10.0 Å². The molecule has 0 aliphatic rings. The molecule has 0 saturated heterocycles. The summed E-state index contributed by atoms with van der Waals surface area (Å²) < 4.78 is 0. The number of anilines is 1. The zero-order valence-corrected chi connectivity index (χ0v) is 12.4. The van der Waals surface area contributed by atoms with Crippen LogP contribution in [0.5, 0.6) is 0 Å². The summed E-state index contributed by atoms with van der Waals surface area (Å²) in [7, 11) is 1.90. The van der Waals surface area contributed by atoms with Gasteiger partial charge in [0.25, 0.3) is 5.69 Å². The van der Waals surface area contributed by atoms with Crippen LogP contribution in [0.15, 0.2) is 24.3 Å². The molecule has 1 unspecified atom stereocenters. The van der Waals surface area contributed by atoms with E-state index in [0.717, 1.165) is 24.6 Å². The standard InChI is InChI=1S/C15H20N2O4/c1-4-5-11(2)16(3)14-8-7-13(17(20)21)10-12(14)6-9-15(18)19/h6-11H,4-5H2,1-3H3,(H,18,19)/b9-6+. The smallest absolute Gasteiger partial charge is 0.328 e. The van der Waals surface area contributed by atoms with Gasteiger partial charge in [-0.2, -0.15) is 0 Å². The Labute approximate surface area is 123 Å². The lowest BCUT2D eigenvalue weighted by atomic mass is 10.1. The van der Waals surface area contributed by atoms with Gasteiger partial charge in [0.2, 0.25) is 0 Å². The number of nitro groups is 1. The lowest BCUT2D eigenvalue weighted by molar-refractivity contribution is -0.384. The summed E-state index contributed by atoms with van der Waals surface area (Å²) in [6.07, 6.45) is 4.38. The minimum Gasteiger partial charge on any atom is -0.478 e. The molecular formula is C15H20N2O4. The zero-order chi connectivity index (χ0) is 16.0. The van der Waals surface area contributed by atoms with Crippen LogP contribution in [0.2, 0.25) is 0 Å². The van der Waals surface area contributed by atoms with Crippen LogP contribution in [0.3, 0.4) is 0 Å². The number of carbonyl (C=O) groups is 1. The Bertz CT molecular complexity index is 555. The van der Waals surface area contributed by atoms with E-state index in [1.807, 2.05) is 11.9 Å². The first-order chi connectivity index (χ1) is 9.86. The number of rotatable bonds is 7. The van der Waals surface area contributed by atoms with Crippen LogP contribution in [-0.4, -0.2) is 29.1 Å². The number of carboxylic acid groups (broad SMARTS) is 1. The number of carboxylic acids is 1. The molecule has 0 fully saturated rings. The molecule has 1 aromatic carbocycles. The first-order valence-corrected chi connectivity index (χ1v) is 6.79. The predicted octanol–water partition coefficient (Wildman–Crippen LogP) is 3.32. The minimum atomic E-state index is -1.09. The molecule has 0 aliphatic carbocycles. The van der Waals surface area contributed by atoms with Crippen LogP contribution in [0.25, 0.3) is 6.08 Å². The van der Waals surface area contributed by atoms with Crippen LogP contribution in [0.1, 0.15) is 32.3 Å². The Kier molecular flexibility index (Phi) is 5.90. The van der Waals surface area contributed by atoms with Crippen molar-refractivity contribution in [3.05, 3.63) is 40.0 Å². The number of nitro benzene ring substituents is 1. The lowest BCUT2D eigenvalue weighted by Crippen LogP contribution is -2.29. The highest BCUT2D eigenvalue weighted by atomic mass is 16.6. The third-order valence-electron chi connectivity index (χ3n) is 3.37. The van der Waals surface area contributed by atoms with Crippen LogP contribution >= 0.6 is 0 Å². The van der Waals surface area contributed by atoms with Crippen LogP contribution < -0.4 is 4.90 Å². The van der Waals surface area contributed by atoms with Gasteiger partial charge >= 0.3 is 5.97 Å². The summed E-state index contributed by atoms with van der Waals surface area (Å²) in [4.78, 5) is 23.1. The Morgan fingerprint density at radius 2 is 2.19 bits per heavy atom. The molecule has 0 amide bonds. The normalized spacial score (nSPS) is 12.3. The molecular weight excluding hydrogens is 272 g/mol. The third-order valence-corrected chi connectivity index (χ3v) is 3.37. The van der Waals surface area contributed by atoms with Gasteiger partial charge in [0.05, 0.1) is 4.92 Å². The van der Waals surface area contributed by atoms with E-state index in [0.29, 0.717) is 5.56 Å². The molecule has 0 aromatic heterocycles. The van der Waals surface area contributed by atoms with E-state index in [-0.39, 0.29) is 11.7 Å². The highest BCUT2D eigenvalue weighted by Crippen LogP contribution is 2.28. The lowest BCUT2D eigenvalue weighted by Gasteiger charge is -2.28. The second-order valence-electron chi connectivity index (χ2n) is 4.92. The van der Waals surface area contributed by atoms with E-state index >= 15 is 0 Å². The predicted molar refractivity (Wildman–Crippen MR) is 82.5 cm³/mol. The van der Waals surface area contributed by atoms with Gasteiger partial charge in [0.1, 0.15) is 0 Å². The van der Waals surface area contributed by atoms with Gasteiger partial charge in [-0.25, -0.2) is 4.79 Å². The minimum absolute atomic E-state index is 0.0552. The fourth-order valence-corrected chi connectivity index (χ4v) is 2.12. The third kappa shape index (κ3) is 4.59. The molecule has 0 spiro atoms. The van der Waals surface area contributed by atoms with Gasteiger partial charge in [0, 0.05) is 42.5 Å². The first-order valence-electron chi connectivity index (χ1n) is 6.79. The maximum Gasteiger partial charge on any atom is 0.328 e.